The fourth-order valence-electron chi connectivity index (χ4n) is 4.95. The summed E-state index contributed by atoms with van der Waals surface area (Å²) in [5.74, 6) is -0.453. The number of carbonyl (C=O) groups excluding carboxylic acids is 1. The molecular weight excluding hydrogens is 469 g/mol. The largest absolute Gasteiger partial charge is 0.393 e. The second-order valence-electron chi connectivity index (χ2n) is 9.42. The molecule has 0 aliphatic carbocycles. The first kappa shape index (κ1) is 23.1. The normalized spacial score (nSPS) is 16.1. The van der Waals surface area contributed by atoms with Crippen LogP contribution in [0.1, 0.15) is 24.8 Å². The Bertz CT molecular complexity index is 1470. The Labute approximate surface area is 213 Å². The van der Waals surface area contributed by atoms with E-state index in [1.807, 2.05) is 47.2 Å². The first-order valence-electron chi connectivity index (χ1n) is 12.4. The van der Waals surface area contributed by atoms with Crippen molar-refractivity contribution in [2.75, 3.05) is 23.3 Å². The molecule has 0 bridgehead atoms. The third-order valence-corrected chi connectivity index (χ3v) is 6.91. The molecule has 186 valence electrons. The van der Waals surface area contributed by atoms with E-state index in [9.17, 15) is 14.3 Å². The quantitative estimate of drug-likeness (QED) is 0.413. The highest BCUT2D eigenvalue weighted by atomic mass is 19.1. The molecule has 3 heterocycles. The van der Waals surface area contributed by atoms with Gasteiger partial charge in [-0.2, -0.15) is 0 Å². The Hall–Kier alpha value is -4.30. The number of halogens is 1. The summed E-state index contributed by atoms with van der Waals surface area (Å²) in [7, 11) is 0. The number of imidazole rings is 1. The number of aliphatic imine (C=N–C) groups is 1. The lowest BCUT2D eigenvalue weighted by Crippen LogP contribution is -2.36. The molecule has 7 nitrogen and oxygen atoms in total. The molecule has 1 aromatic heterocycles. The Morgan fingerprint density at radius 3 is 2.57 bits per heavy atom. The van der Waals surface area contributed by atoms with Crippen LogP contribution in [0, 0.1) is 5.82 Å². The molecule has 0 spiro atoms. The number of anilines is 2. The fraction of sp³-hybridized carbons (Fsp3) is 0.207. The number of amides is 1. The van der Waals surface area contributed by atoms with Crippen molar-refractivity contribution in [3.05, 3.63) is 90.8 Å². The molecular formula is C29H26FN5O2. The van der Waals surface area contributed by atoms with Crippen LogP contribution in [0.5, 0.6) is 0 Å². The van der Waals surface area contributed by atoms with E-state index < -0.39 is 0 Å². The predicted octanol–water partition coefficient (Wildman–Crippen LogP) is 5.10. The van der Waals surface area contributed by atoms with Gasteiger partial charge in [-0.25, -0.2) is 9.37 Å². The SMILES string of the molecule is O=C1CC(c2cccc(-n3ccnc3)c2)=Nc2cc(N3CCC(O)CC3)c(-c3ccc(F)cc3)cc2N1. The lowest BCUT2D eigenvalue weighted by molar-refractivity contribution is -0.115. The Balaban J connectivity index is 1.47. The molecule has 1 amide bonds. The molecule has 1 saturated heterocycles. The van der Waals surface area contributed by atoms with Crippen molar-refractivity contribution in [3.8, 4) is 16.8 Å². The van der Waals surface area contributed by atoms with Gasteiger partial charge in [-0.05, 0) is 60.4 Å². The highest BCUT2D eigenvalue weighted by Crippen LogP contribution is 2.42. The van der Waals surface area contributed by atoms with Crippen LogP contribution in [0.2, 0.25) is 0 Å². The Morgan fingerprint density at radius 2 is 1.81 bits per heavy atom. The maximum Gasteiger partial charge on any atom is 0.230 e. The zero-order chi connectivity index (χ0) is 25.4. The highest BCUT2D eigenvalue weighted by molar-refractivity contribution is 6.17. The standard InChI is InChI=1S/C29H26FN5O2/c30-21-6-4-19(5-7-21)24-15-26-27(16-28(24)34-11-8-23(36)9-12-34)32-25(17-29(37)33-26)20-2-1-3-22(14-20)35-13-10-31-18-35/h1-7,10,13-16,18,23,36H,8-9,11-12,17H2,(H,33,37). The molecule has 2 aliphatic rings. The third-order valence-electron chi connectivity index (χ3n) is 6.91. The van der Waals surface area contributed by atoms with E-state index in [0.717, 1.165) is 28.1 Å². The van der Waals surface area contributed by atoms with Gasteiger partial charge in [-0.1, -0.05) is 24.3 Å². The number of fused-ring (bicyclic) bond motifs is 1. The van der Waals surface area contributed by atoms with Gasteiger partial charge in [0.05, 0.1) is 35.9 Å². The van der Waals surface area contributed by atoms with E-state index in [1.54, 1.807) is 24.7 Å². The molecule has 1 fully saturated rings. The lowest BCUT2D eigenvalue weighted by Gasteiger charge is -2.33. The predicted molar refractivity (Wildman–Crippen MR) is 142 cm³/mol. The second-order valence-corrected chi connectivity index (χ2v) is 9.42. The van der Waals surface area contributed by atoms with Crippen LogP contribution < -0.4 is 10.2 Å². The number of piperidine rings is 1. The van der Waals surface area contributed by atoms with Crippen LogP contribution in [-0.2, 0) is 4.79 Å². The Morgan fingerprint density at radius 1 is 1.00 bits per heavy atom. The van der Waals surface area contributed by atoms with E-state index in [1.165, 1.54) is 12.1 Å². The average molecular weight is 496 g/mol. The number of aliphatic hydroxyl groups excluding tert-OH is 1. The average Bonchev–Trinajstić information content (AvgIpc) is 3.40. The van der Waals surface area contributed by atoms with Crippen LogP contribution in [0.25, 0.3) is 16.8 Å². The molecule has 37 heavy (non-hydrogen) atoms. The minimum atomic E-state index is -0.307. The van der Waals surface area contributed by atoms with Crippen molar-refractivity contribution in [1.29, 1.82) is 0 Å². The zero-order valence-corrected chi connectivity index (χ0v) is 20.1. The number of rotatable bonds is 4. The molecule has 2 aliphatic heterocycles. The van der Waals surface area contributed by atoms with Gasteiger partial charge in [0, 0.05) is 42.4 Å². The van der Waals surface area contributed by atoms with E-state index in [4.69, 9.17) is 4.99 Å². The second kappa shape index (κ2) is 9.63. The van der Waals surface area contributed by atoms with Gasteiger partial charge in [0.25, 0.3) is 0 Å². The first-order valence-corrected chi connectivity index (χ1v) is 12.4. The topological polar surface area (TPSA) is 82.8 Å². The summed E-state index contributed by atoms with van der Waals surface area (Å²) in [5.41, 5.74) is 6.43. The van der Waals surface area contributed by atoms with Gasteiger partial charge in [-0.3, -0.25) is 9.79 Å². The number of aliphatic hydroxyl groups is 1. The van der Waals surface area contributed by atoms with Crippen molar-refractivity contribution < 1.29 is 14.3 Å². The monoisotopic (exact) mass is 495 g/mol. The summed E-state index contributed by atoms with van der Waals surface area (Å²) in [5, 5.41) is 13.1. The number of carbonyl (C=O) groups is 1. The van der Waals surface area contributed by atoms with Gasteiger partial charge >= 0.3 is 0 Å². The smallest absolute Gasteiger partial charge is 0.230 e. The van der Waals surface area contributed by atoms with Crippen LogP contribution in [-0.4, -0.2) is 45.5 Å². The zero-order valence-electron chi connectivity index (χ0n) is 20.1. The van der Waals surface area contributed by atoms with Crippen LogP contribution >= 0.6 is 0 Å². The molecule has 0 radical (unpaired) electrons. The minimum absolute atomic E-state index is 0.138. The van der Waals surface area contributed by atoms with Crippen molar-refractivity contribution >= 4 is 28.7 Å². The third kappa shape index (κ3) is 4.75. The Kier molecular flexibility index (Phi) is 6.02. The van der Waals surface area contributed by atoms with Gasteiger partial charge in [-0.15, -0.1) is 0 Å². The summed E-state index contributed by atoms with van der Waals surface area (Å²) in [4.78, 5) is 24.3. The maximum absolute atomic E-state index is 13.7. The molecule has 4 aromatic rings. The number of benzene rings is 3. The van der Waals surface area contributed by atoms with Crippen molar-refractivity contribution in [1.82, 2.24) is 9.55 Å². The highest BCUT2D eigenvalue weighted by Gasteiger charge is 2.24. The maximum atomic E-state index is 13.7. The molecule has 0 atom stereocenters. The molecule has 6 rings (SSSR count). The molecule has 3 aromatic carbocycles. The number of aromatic nitrogens is 2. The summed E-state index contributed by atoms with van der Waals surface area (Å²) in [6.07, 6.45) is 6.50. The van der Waals surface area contributed by atoms with Crippen molar-refractivity contribution in [3.63, 3.8) is 0 Å². The van der Waals surface area contributed by atoms with Gasteiger partial charge in [0.2, 0.25) is 5.91 Å². The first-order chi connectivity index (χ1) is 18.0. The van der Waals surface area contributed by atoms with E-state index in [0.29, 0.717) is 43.0 Å². The van der Waals surface area contributed by atoms with E-state index in [-0.39, 0.29) is 24.2 Å². The molecule has 0 unspecified atom stereocenters. The van der Waals surface area contributed by atoms with Gasteiger partial charge < -0.3 is 19.9 Å². The minimum Gasteiger partial charge on any atom is -0.393 e. The van der Waals surface area contributed by atoms with Crippen LogP contribution in [0.3, 0.4) is 0 Å². The van der Waals surface area contributed by atoms with Gasteiger partial charge in [0.15, 0.2) is 0 Å². The number of nitrogens with one attached hydrogen (secondary N) is 1. The van der Waals surface area contributed by atoms with Crippen molar-refractivity contribution in [2.24, 2.45) is 4.99 Å². The number of hydrogen-bond donors (Lipinski definition) is 2. The fourth-order valence-corrected chi connectivity index (χ4v) is 4.95. The van der Waals surface area contributed by atoms with Crippen LogP contribution in [0.4, 0.5) is 21.5 Å². The van der Waals surface area contributed by atoms with Gasteiger partial charge in [0.1, 0.15) is 5.82 Å². The number of nitrogens with zero attached hydrogens (tertiary/aromatic N) is 4. The van der Waals surface area contributed by atoms with E-state index >= 15 is 0 Å². The van der Waals surface area contributed by atoms with Crippen molar-refractivity contribution in [2.45, 2.75) is 25.4 Å². The number of hydrogen-bond acceptors (Lipinski definition) is 5. The van der Waals surface area contributed by atoms with E-state index in [2.05, 4.69) is 15.2 Å². The summed E-state index contributed by atoms with van der Waals surface area (Å²) >= 11 is 0. The summed E-state index contributed by atoms with van der Waals surface area (Å²) < 4.78 is 15.6. The lowest BCUT2D eigenvalue weighted by atomic mass is 9.98. The molecule has 8 heteroatoms. The summed E-state index contributed by atoms with van der Waals surface area (Å²) in [6, 6.07) is 18.2. The van der Waals surface area contributed by atoms with Crippen LogP contribution in [0.15, 0.2) is 84.4 Å². The molecule has 2 N–H and O–H groups in total. The molecule has 0 saturated carbocycles. The summed E-state index contributed by atoms with van der Waals surface area (Å²) in [6.45, 7) is 1.40.